The van der Waals surface area contributed by atoms with E-state index in [1.165, 1.54) is 11.3 Å². The van der Waals surface area contributed by atoms with Crippen LogP contribution >= 0.6 is 11.3 Å². The molecule has 2 atom stereocenters. The third-order valence-corrected chi connectivity index (χ3v) is 4.88. The molecule has 1 aliphatic heterocycles. The number of thiazole rings is 1. The second kappa shape index (κ2) is 6.68. The number of carbonyl (C=O) groups is 1. The van der Waals surface area contributed by atoms with Gasteiger partial charge in [-0.1, -0.05) is 55.5 Å². The minimum absolute atomic E-state index is 0.0168. The highest BCUT2D eigenvalue weighted by Crippen LogP contribution is 2.29. The van der Waals surface area contributed by atoms with Crippen LogP contribution in [0.4, 0.5) is 5.13 Å². The van der Waals surface area contributed by atoms with E-state index in [1.807, 2.05) is 35.2 Å². The summed E-state index contributed by atoms with van der Waals surface area (Å²) >= 11 is 1.23. The first-order chi connectivity index (χ1) is 11.0. The van der Waals surface area contributed by atoms with Crippen LogP contribution in [0.1, 0.15) is 35.2 Å². The number of rotatable bonds is 3. The maximum absolute atomic E-state index is 12.7. The highest BCUT2D eigenvalue weighted by molar-refractivity contribution is 7.17. The molecule has 0 spiro atoms. The number of hydrogen-bond acceptors (Lipinski definition) is 5. The predicted molar refractivity (Wildman–Crippen MR) is 91.3 cm³/mol. The molecule has 1 fully saturated rings. The molecule has 1 saturated heterocycles. The summed E-state index contributed by atoms with van der Waals surface area (Å²) in [6.45, 7) is 5.37. The zero-order valence-electron chi connectivity index (χ0n) is 13.3. The molecule has 0 bridgehead atoms. The molecule has 1 aromatic heterocycles. The summed E-state index contributed by atoms with van der Waals surface area (Å²) in [7, 11) is 0. The fourth-order valence-electron chi connectivity index (χ4n) is 2.72. The van der Waals surface area contributed by atoms with Gasteiger partial charge in [-0.3, -0.25) is 4.79 Å². The lowest BCUT2D eigenvalue weighted by Crippen LogP contribution is -2.48. The topological polar surface area (TPSA) is 68.5 Å². The number of hydrogen-bond donors (Lipinski definition) is 1. The molecule has 23 heavy (non-hydrogen) atoms. The number of ether oxygens (including phenoxy) is 1. The first kappa shape index (κ1) is 16.0. The fraction of sp³-hybridized carbons (Fsp3) is 0.412. The number of anilines is 1. The van der Waals surface area contributed by atoms with Gasteiger partial charge < -0.3 is 15.4 Å². The van der Waals surface area contributed by atoms with Crippen LogP contribution in [0.15, 0.2) is 36.5 Å². The minimum atomic E-state index is -0.105. The summed E-state index contributed by atoms with van der Waals surface area (Å²) in [5, 5.41) is 0.418. The zero-order chi connectivity index (χ0) is 16.4. The monoisotopic (exact) mass is 331 g/mol. The maximum atomic E-state index is 12.7. The molecule has 3 rings (SSSR count). The zero-order valence-corrected chi connectivity index (χ0v) is 14.1. The Morgan fingerprint density at radius 3 is 2.70 bits per heavy atom. The van der Waals surface area contributed by atoms with Crippen molar-refractivity contribution in [2.45, 2.75) is 26.1 Å². The van der Waals surface area contributed by atoms with Crippen molar-refractivity contribution in [3.8, 4) is 0 Å². The van der Waals surface area contributed by atoms with Gasteiger partial charge in [0.25, 0.3) is 5.91 Å². The predicted octanol–water partition coefficient (Wildman–Crippen LogP) is 2.96. The molecule has 1 aromatic carbocycles. The Balaban J connectivity index is 1.83. The van der Waals surface area contributed by atoms with Gasteiger partial charge in [-0.25, -0.2) is 4.98 Å². The molecule has 0 saturated carbocycles. The molecule has 122 valence electrons. The third kappa shape index (κ3) is 3.54. The maximum Gasteiger partial charge on any atom is 0.265 e. The Kier molecular flexibility index (Phi) is 4.63. The smallest absolute Gasteiger partial charge is 0.265 e. The summed E-state index contributed by atoms with van der Waals surface area (Å²) < 4.78 is 6.22. The van der Waals surface area contributed by atoms with Crippen molar-refractivity contribution in [1.82, 2.24) is 9.88 Å². The molecule has 6 heteroatoms. The van der Waals surface area contributed by atoms with E-state index in [4.69, 9.17) is 10.5 Å². The van der Waals surface area contributed by atoms with E-state index < -0.39 is 0 Å². The molecule has 1 amide bonds. The Hall–Kier alpha value is -1.92. The van der Waals surface area contributed by atoms with Gasteiger partial charge in [0.15, 0.2) is 5.13 Å². The Morgan fingerprint density at radius 2 is 2.09 bits per heavy atom. The second-order valence-electron chi connectivity index (χ2n) is 6.09. The average Bonchev–Trinajstić information content (AvgIpc) is 3.01. The van der Waals surface area contributed by atoms with E-state index in [0.717, 1.165) is 5.56 Å². The number of nitrogens with zero attached hydrogens (tertiary/aromatic N) is 2. The lowest BCUT2D eigenvalue weighted by atomic mass is 10.0. The SMILES string of the molecule is CC(C)[C@H]1CN(C(=O)c2cnc(N)s2)C[C@@H](c2ccccc2)O1. The number of amides is 1. The average molecular weight is 331 g/mol. The summed E-state index contributed by atoms with van der Waals surface area (Å²) in [6, 6.07) is 10.1. The van der Waals surface area contributed by atoms with Crippen LogP contribution in [0.5, 0.6) is 0 Å². The van der Waals surface area contributed by atoms with Gasteiger partial charge >= 0.3 is 0 Å². The van der Waals surface area contributed by atoms with Gasteiger partial charge in [0.05, 0.1) is 18.8 Å². The van der Waals surface area contributed by atoms with Crippen molar-refractivity contribution in [2.24, 2.45) is 5.92 Å². The van der Waals surface area contributed by atoms with Crippen LogP contribution in [0.25, 0.3) is 0 Å². The van der Waals surface area contributed by atoms with Gasteiger partial charge in [-0.05, 0) is 11.5 Å². The van der Waals surface area contributed by atoms with E-state index in [-0.39, 0.29) is 18.1 Å². The van der Waals surface area contributed by atoms with Crippen molar-refractivity contribution in [3.63, 3.8) is 0 Å². The number of morpholine rings is 1. The molecule has 0 unspecified atom stereocenters. The number of nitrogen functional groups attached to an aromatic ring is 1. The van der Waals surface area contributed by atoms with Gasteiger partial charge in [0, 0.05) is 6.54 Å². The van der Waals surface area contributed by atoms with Crippen LogP contribution < -0.4 is 5.73 Å². The van der Waals surface area contributed by atoms with Crippen molar-refractivity contribution in [2.75, 3.05) is 18.8 Å². The Bertz CT molecular complexity index is 671. The highest BCUT2D eigenvalue weighted by Gasteiger charge is 2.33. The summed E-state index contributed by atoms with van der Waals surface area (Å²) in [6.07, 6.45) is 1.47. The van der Waals surface area contributed by atoms with Crippen LogP contribution in [-0.2, 0) is 4.74 Å². The molecular weight excluding hydrogens is 310 g/mol. The molecule has 5 nitrogen and oxygen atoms in total. The van der Waals surface area contributed by atoms with Gasteiger partial charge in [0.2, 0.25) is 0 Å². The van der Waals surface area contributed by atoms with E-state index in [2.05, 4.69) is 18.8 Å². The lowest BCUT2D eigenvalue weighted by molar-refractivity contribution is -0.0953. The molecule has 0 aliphatic carbocycles. The second-order valence-corrected chi connectivity index (χ2v) is 7.15. The quantitative estimate of drug-likeness (QED) is 0.939. The van der Waals surface area contributed by atoms with Gasteiger partial charge in [-0.2, -0.15) is 0 Å². The van der Waals surface area contributed by atoms with E-state index in [9.17, 15) is 4.79 Å². The fourth-order valence-corrected chi connectivity index (χ4v) is 3.37. The number of benzene rings is 1. The summed E-state index contributed by atoms with van der Waals surface area (Å²) in [4.78, 5) is 19.2. The summed E-state index contributed by atoms with van der Waals surface area (Å²) in [5.74, 6) is 0.317. The Morgan fingerprint density at radius 1 is 1.35 bits per heavy atom. The molecule has 1 aliphatic rings. The third-order valence-electron chi connectivity index (χ3n) is 4.06. The van der Waals surface area contributed by atoms with Crippen LogP contribution in [-0.4, -0.2) is 35.0 Å². The van der Waals surface area contributed by atoms with Crippen molar-refractivity contribution in [3.05, 3.63) is 47.0 Å². The number of carbonyl (C=O) groups excluding carboxylic acids is 1. The number of aromatic nitrogens is 1. The van der Waals surface area contributed by atoms with Crippen molar-refractivity contribution >= 4 is 22.4 Å². The normalized spacial score (nSPS) is 21.6. The highest BCUT2D eigenvalue weighted by atomic mass is 32.1. The van der Waals surface area contributed by atoms with Gasteiger partial charge in [-0.15, -0.1) is 0 Å². The molecule has 2 heterocycles. The number of nitrogens with two attached hydrogens (primary N) is 1. The van der Waals surface area contributed by atoms with Gasteiger partial charge in [0.1, 0.15) is 11.0 Å². The van der Waals surface area contributed by atoms with Crippen LogP contribution in [0.3, 0.4) is 0 Å². The van der Waals surface area contributed by atoms with Crippen LogP contribution in [0.2, 0.25) is 0 Å². The molecular formula is C17H21N3O2S. The standard InChI is InChI=1S/C17H21N3O2S/c1-11(2)13-9-20(16(21)15-8-19-17(18)23-15)10-14(22-13)12-6-4-3-5-7-12/h3-8,11,13-14H,9-10H2,1-2H3,(H2,18,19)/t13-,14+/m1/s1. The van der Waals surface area contributed by atoms with E-state index in [0.29, 0.717) is 29.0 Å². The summed E-state index contributed by atoms with van der Waals surface area (Å²) in [5.41, 5.74) is 6.75. The van der Waals surface area contributed by atoms with Crippen LogP contribution in [0, 0.1) is 5.92 Å². The first-order valence-electron chi connectivity index (χ1n) is 7.75. The Labute approximate surface area is 140 Å². The van der Waals surface area contributed by atoms with E-state index >= 15 is 0 Å². The lowest BCUT2D eigenvalue weighted by Gasteiger charge is -2.39. The molecule has 2 aromatic rings. The van der Waals surface area contributed by atoms with Crippen molar-refractivity contribution < 1.29 is 9.53 Å². The van der Waals surface area contributed by atoms with Crippen molar-refractivity contribution in [1.29, 1.82) is 0 Å². The largest absolute Gasteiger partial charge is 0.375 e. The molecule has 0 radical (unpaired) electrons. The van der Waals surface area contributed by atoms with E-state index in [1.54, 1.807) is 6.20 Å². The first-order valence-corrected chi connectivity index (χ1v) is 8.57. The molecule has 2 N–H and O–H groups in total. The minimum Gasteiger partial charge on any atom is -0.375 e.